The van der Waals surface area contributed by atoms with E-state index in [4.69, 9.17) is 11.6 Å². The lowest BCUT2D eigenvalue weighted by Gasteiger charge is -2.13. The van der Waals surface area contributed by atoms with Crippen LogP contribution in [0.1, 0.15) is 5.56 Å². The van der Waals surface area contributed by atoms with E-state index >= 15 is 0 Å². The minimum absolute atomic E-state index is 0.214. The second-order valence-electron chi connectivity index (χ2n) is 4.46. The molecule has 2 rings (SSSR count). The van der Waals surface area contributed by atoms with Gasteiger partial charge in [-0.3, -0.25) is 4.79 Å². The van der Waals surface area contributed by atoms with Crippen molar-refractivity contribution in [2.75, 3.05) is 17.7 Å². The molecular weight excluding hydrogens is 317 g/mol. The number of carbonyl (C=O) groups excluding carboxylic acids is 1. The maximum absolute atomic E-state index is 12.8. The van der Waals surface area contributed by atoms with Gasteiger partial charge in [-0.15, -0.1) is 0 Å². The summed E-state index contributed by atoms with van der Waals surface area (Å²) in [6, 6.07) is 7.96. The first-order valence-corrected chi connectivity index (χ1v) is 6.63. The van der Waals surface area contributed by atoms with Crippen LogP contribution in [0.15, 0.2) is 36.4 Å². The van der Waals surface area contributed by atoms with Crippen molar-refractivity contribution >= 4 is 29.4 Å². The van der Waals surface area contributed by atoms with Crippen LogP contribution in [0.5, 0.6) is 0 Å². The number of anilines is 2. The molecule has 2 N–H and O–H groups in total. The molecule has 116 valence electrons. The fraction of sp³-hybridized carbons (Fsp3) is 0.133. The normalized spacial score (nSPS) is 11.1. The second kappa shape index (κ2) is 6.27. The van der Waals surface area contributed by atoms with Gasteiger partial charge in [-0.25, -0.2) is 0 Å². The molecule has 7 heteroatoms. The van der Waals surface area contributed by atoms with Crippen LogP contribution in [-0.4, -0.2) is 13.5 Å². The molecule has 0 saturated heterocycles. The fourth-order valence-electron chi connectivity index (χ4n) is 2.03. The Hall–Kier alpha value is -2.21. The largest absolute Gasteiger partial charge is 0.416 e. The van der Waals surface area contributed by atoms with Gasteiger partial charge in [-0.2, -0.15) is 13.2 Å². The summed E-state index contributed by atoms with van der Waals surface area (Å²) in [6.07, 6.45) is -3.92. The summed E-state index contributed by atoms with van der Waals surface area (Å²) in [6.45, 7) is 0. The average Bonchev–Trinajstić information content (AvgIpc) is 2.47. The third kappa shape index (κ3) is 3.33. The molecule has 0 aromatic heterocycles. The van der Waals surface area contributed by atoms with Crippen molar-refractivity contribution in [2.24, 2.45) is 0 Å². The van der Waals surface area contributed by atoms with E-state index < -0.39 is 11.7 Å². The summed E-state index contributed by atoms with van der Waals surface area (Å²) in [5, 5.41) is 5.58. The topological polar surface area (TPSA) is 41.1 Å². The third-order valence-electron chi connectivity index (χ3n) is 3.11. The number of halogens is 4. The van der Waals surface area contributed by atoms with Gasteiger partial charge in [-0.05, 0) is 35.9 Å². The van der Waals surface area contributed by atoms with Gasteiger partial charge in [0.05, 0.1) is 16.9 Å². The van der Waals surface area contributed by atoms with Crippen LogP contribution in [0.4, 0.5) is 24.5 Å². The Morgan fingerprint density at radius 3 is 2.41 bits per heavy atom. The van der Waals surface area contributed by atoms with Crippen molar-refractivity contribution in [1.82, 2.24) is 0 Å². The standard InChI is InChI=1S/C15H12ClF3N2O/c1-20-14-6-9(2-5-13(14)21-8-22)11-7-10(15(17,18)19)3-4-12(11)16/h2-8,20H,1H3,(H,21,22). The van der Waals surface area contributed by atoms with Crippen molar-refractivity contribution in [3.63, 3.8) is 0 Å². The van der Waals surface area contributed by atoms with Crippen molar-refractivity contribution in [1.29, 1.82) is 0 Å². The Morgan fingerprint density at radius 2 is 1.82 bits per heavy atom. The molecule has 0 aliphatic carbocycles. The highest BCUT2D eigenvalue weighted by Crippen LogP contribution is 2.37. The summed E-state index contributed by atoms with van der Waals surface area (Å²) < 4.78 is 38.5. The van der Waals surface area contributed by atoms with Crippen LogP contribution >= 0.6 is 11.6 Å². The SMILES string of the molecule is CNc1cc(-c2cc(C(F)(F)F)ccc2Cl)ccc1NC=O. The van der Waals surface area contributed by atoms with Gasteiger partial charge in [0, 0.05) is 17.6 Å². The minimum Gasteiger partial charge on any atom is -0.386 e. The van der Waals surface area contributed by atoms with E-state index in [1.807, 2.05) is 0 Å². The number of nitrogens with one attached hydrogen (secondary N) is 2. The summed E-state index contributed by atoms with van der Waals surface area (Å²) in [4.78, 5) is 10.5. The van der Waals surface area contributed by atoms with Gasteiger partial charge in [0.1, 0.15) is 0 Å². The van der Waals surface area contributed by atoms with Crippen LogP contribution in [0.2, 0.25) is 5.02 Å². The Kier molecular flexibility index (Phi) is 4.61. The molecule has 2 aromatic carbocycles. The monoisotopic (exact) mass is 328 g/mol. The van der Waals surface area contributed by atoms with Gasteiger partial charge < -0.3 is 10.6 Å². The van der Waals surface area contributed by atoms with Crippen LogP contribution < -0.4 is 10.6 Å². The van der Waals surface area contributed by atoms with E-state index in [2.05, 4.69) is 10.6 Å². The number of benzene rings is 2. The molecule has 0 aliphatic heterocycles. The molecule has 0 atom stereocenters. The molecule has 2 aromatic rings. The Labute approximate surface area is 130 Å². The van der Waals surface area contributed by atoms with Crippen molar-refractivity contribution in [3.8, 4) is 11.1 Å². The van der Waals surface area contributed by atoms with Crippen molar-refractivity contribution in [3.05, 3.63) is 47.0 Å². The quantitative estimate of drug-likeness (QED) is 0.803. The molecule has 0 bridgehead atoms. The number of amides is 1. The summed E-state index contributed by atoms with van der Waals surface area (Å²) in [5.74, 6) is 0. The lowest BCUT2D eigenvalue weighted by molar-refractivity contribution is -0.137. The molecule has 0 spiro atoms. The van der Waals surface area contributed by atoms with Gasteiger partial charge in [0.25, 0.3) is 0 Å². The first kappa shape index (κ1) is 16.2. The highest BCUT2D eigenvalue weighted by molar-refractivity contribution is 6.33. The highest BCUT2D eigenvalue weighted by atomic mass is 35.5. The van der Waals surface area contributed by atoms with Crippen LogP contribution in [0, 0.1) is 0 Å². The lowest BCUT2D eigenvalue weighted by Crippen LogP contribution is -2.05. The second-order valence-corrected chi connectivity index (χ2v) is 4.87. The zero-order valence-electron chi connectivity index (χ0n) is 11.5. The maximum Gasteiger partial charge on any atom is 0.416 e. The first-order chi connectivity index (χ1) is 10.4. The number of carbonyl (C=O) groups is 1. The van der Waals surface area contributed by atoms with E-state index in [1.54, 1.807) is 25.2 Å². The Morgan fingerprint density at radius 1 is 1.09 bits per heavy atom. The van der Waals surface area contributed by atoms with Gasteiger partial charge >= 0.3 is 6.18 Å². The van der Waals surface area contributed by atoms with E-state index in [0.717, 1.165) is 12.1 Å². The number of alkyl halides is 3. The molecule has 0 fully saturated rings. The smallest absolute Gasteiger partial charge is 0.386 e. The fourth-order valence-corrected chi connectivity index (χ4v) is 2.26. The molecule has 0 unspecified atom stereocenters. The van der Waals surface area contributed by atoms with E-state index in [-0.39, 0.29) is 10.6 Å². The number of hydrogen-bond acceptors (Lipinski definition) is 2. The van der Waals surface area contributed by atoms with E-state index in [9.17, 15) is 18.0 Å². The van der Waals surface area contributed by atoms with Crippen LogP contribution in [0.25, 0.3) is 11.1 Å². The molecule has 3 nitrogen and oxygen atoms in total. The zero-order chi connectivity index (χ0) is 16.3. The minimum atomic E-state index is -4.44. The predicted octanol–water partition coefficient (Wildman–Crippen LogP) is 4.64. The summed E-state index contributed by atoms with van der Waals surface area (Å²) in [5.41, 5.74) is 1.10. The average molecular weight is 329 g/mol. The van der Waals surface area contributed by atoms with E-state index in [1.165, 1.54) is 6.07 Å². The van der Waals surface area contributed by atoms with E-state index in [0.29, 0.717) is 23.3 Å². The number of rotatable bonds is 4. The molecule has 0 heterocycles. The molecule has 22 heavy (non-hydrogen) atoms. The first-order valence-electron chi connectivity index (χ1n) is 6.26. The Balaban J connectivity index is 2.54. The molecule has 0 aliphatic rings. The molecule has 1 amide bonds. The summed E-state index contributed by atoms with van der Waals surface area (Å²) >= 11 is 6.02. The zero-order valence-corrected chi connectivity index (χ0v) is 12.2. The molecule has 0 saturated carbocycles. The van der Waals surface area contributed by atoms with Crippen molar-refractivity contribution < 1.29 is 18.0 Å². The number of hydrogen-bond donors (Lipinski definition) is 2. The van der Waals surface area contributed by atoms with Crippen LogP contribution in [0.3, 0.4) is 0 Å². The highest BCUT2D eigenvalue weighted by Gasteiger charge is 2.31. The summed E-state index contributed by atoms with van der Waals surface area (Å²) in [7, 11) is 1.64. The Bertz CT molecular complexity index is 702. The molecule has 0 radical (unpaired) electrons. The van der Waals surface area contributed by atoms with Crippen LogP contribution in [-0.2, 0) is 11.0 Å². The van der Waals surface area contributed by atoms with Gasteiger partial charge in [0.15, 0.2) is 0 Å². The van der Waals surface area contributed by atoms with Gasteiger partial charge in [0.2, 0.25) is 6.41 Å². The third-order valence-corrected chi connectivity index (χ3v) is 3.44. The van der Waals surface area contributed by atoms with Gasteiger partial charge in [-0.1, -0.05) is 17.7 Å². The molecular formula is C15H12ClF3N2O. The lowest BCUT2D eigenvalue weighted by atomic mass is 10.0. The maximum atomic E-state index is 12.8. The van der Waals surface area contributed by atoms with Crippen molar-refractivity contribution in [2.45, 2.75) is 6.18 Å². The predicted molar refractivity (Wildman–Crippen MR) is 81.1 cm³/mol.